The first kappa shape index (κ1) is 20.1. The third-order valence-corrected chi connectivity index (χ3v) is 4.52. The molecule has 26 heavy (non-hydrogen) atoms. The molecule has 6 heteroatoms. The van der Waals surface area contributed by atoms with Gasteiger partial charge in [-0.2, -0.15) is 0 Å². The minimum absolute atomic E-state index is 0. The summed E-state index contributed by atoms with van der Waals surface area (Å²) in [4.78, 5) is 16.9. The summed E-state index contributed by atoms with van der Waals surface area (Å²) in [5.74, 6) is 0.838. The maximum Gasteiger partial charge on any atom is 0.225 e. The topological polar surface area (TPSA) is 44.8 Å². The number of ether oxygens (including phenoxy) is 1. The molecule has 0 radical (unpaired) electrons. The largest absolute Gasteiger partial charge is 0.497 e. The van der Waals surface area contributed by atoms with Crippen LogP contribution in [0.5, 0.6) is 5.75 Å². The molecule has 0 saturated carbocycles. The van der Waals surface area contributed by atoms with E-state index in [0.29, 0.717) is 6.42 Å². The molecule has 1 N–H and O–H groups in total. The lowest BCUT2D eigenvalue weighted by atomic mass is 10.2. The van der Waals surface area contributed by atoms with Crippen LogP contribution >= 0.6 is 12.4 Å². The van der Waals surface area contributed by atoms with E-state index in [-0.39, 0.29) is 18.3 Å². The molecular formula is C20H26ClN3O2. The molecule has 1 saturated heterocycles. The number of hydrogen-bond acceptors (Lipinski definition) is 4. The van der Waals surface area contributed by atoms with Crippen LogP contribution in [-0.4, -0.2) is 50.6 Å². The van der Waals surface area contributed by atoms with E-state index in [2.05, 4.69) is 39.4 Å². The van der Waals surface area contributed by atoms with Gasteiger partial charge in [0.25, 0.3) is 0 Å². The third-order valence-electron chi connectivity index (χ3n) is 4.52. The van der Waals surface area contributed by atoms with Crippen LogP contribution in [0.15, 0.2) is 54.6 Å². The Hall–Kier alpha value is -2.24. The number of para-hydroxylation sites is 1. The summed E-state index contributed by atoms with van der Waals surface area (Å²) >= 11 is 0. The normalized spacial score (nSPS) is 14.4. The van der Waals surface area contributed by atoms with Gasteiger partial charge in [-0.25, -0.2) is 0 Å². The predicted molar refractivity (Wildman–Crippen MR) is 109 cm³/mol. The number of rotatable bonds is 6. The SMILES string of the molecule is COc1ccc(NC(=O)CCN2CCN(c3ccccc3)CC2)cc1.Cl. The Balaban J connectivity index is 0.00000243. The van der Waals surface area contributed by atoms with Gasteiger partial charge in [-0.05, 0) is 36.4 Å². The molecule has 0 atom stereocenters. The Labute approximate surface area is 161 Å². The highest BCUT2D eigenvalue weighted by atomic mass is 35.5. The summed E-state index contributed by atoms with van der Waals surface area (Å²) in [5.41, 5.74) is 2.08. The fraction of sp³-hybridized carbons (Fsp3) is 0.350. The Morgan fingerprint density at radius 2 is 1.65 bits per heavy atom. The highest BCUT2D eigenvalue weighted by molar-refractivity contribution is 5.90. The van der Waals surface area contributed by atoms with Crippen LogP contribution < -0.4 is 15.0 Å². The Kier molecular flexibility index (Phi) is 7.75. The van der Waals surface area contributed by atoms with Gasteiger partial charge in [-0.3, -0.25) is 9.69 Å². The molecule has 140 valence electrons. The molecule has 1 heterocycles. The molecule has 0 spiro atoms. The number of benzene rings is 2. The zero-order chi connectivity index (χ0) is 17.5. The molecule has 0 bridgehead atoms. The molecule has 0 unspecified atom stereocenters. The molecule has 5 nitrogen and oxygen atoms in total. The lowest BCUT2D eigenvalue weighted by Gasteiger charge is -2.36. The van der Waals surface area contributed by atoms with Crippen LogP contribution in [0, 0.1) is 0 Å². The van der Waals surface area contributed by atoms with Gasteiger partial charge in [-0.15, -0.1) is 12.4 Å². The first-order valence-electron chi connectivity index (χ1n) is 8.71. The Bertz CT molecular complexity index is 671. The third kappa shape index (κ3) is 5.64. The monoisotopic (exact) mass is 375 g/mol. The number of halogens is 1. The van der Waals surface area contributed by atoms with Gasteiger partial charge in [-0.1, -0.05) is 18.2 Å². The summed E-state index contributed by atoms with van der Waals surface area (Å²) in [6.07, 6.45) is 0.511. The van der Waals surface area contributed by atoms with E-state index in [1.165, 1.54) is 5.69 Å². The van der Waals surface area contributed by atoms with Gasteiger partial charge in [0.15, 0.2) is 0 Å². The van der Waals surface area contributed by atoms with E-state index in [4.69, 9.17) is 4.74 Å². The highest BCUT2D eigenvalue weighted by Gasteiger charge is 2.17. The average Bonchev–Trinajstić information content (AvgIpc) is 2.68. The summed E-state index contributed by atoms with van der Waals surface area (Å²) in [7, 11) is 1.63. The number of anilines is 2. The van der Waals surface area contributed by atoms with E-state index in [0.717, 1.165) is 44.2 Å². The smallest absolute Gasteiger partial charge is 0.225 e. The van der Waals surface area contributed by atoms with E-state index >= 15 is 0 Å². The van der Waals surface area contributed by atoms with Gasteiger partial charge in [0.1, 0.15) is 5.75 Å². The quantitative estimate of drug-likeness (QED) is 0.841. The van der Waals surface area contributed by atoms with Gasteiger partial charge in [0, 0.05) is 50.5 Å². The van der Waals surface area contributed by atoms with Gasteiger partial charge in [0.05, 0.1) is 7.11 Å². The van der Waals surface area contributed by atoms with Crippen molar-refractivity contribution in [3.63, 3.8) is 0 Å². The number of nitrogens with zero attached hydrogens (tertiary/aromatic N) is 2. The predicted octanol–water partition coefficient (Wildman–Crippen LogP) is 3.27. The lowest BCUT2D eigenvalue weighted by molar-refractivity contribution is -0.116. The highest BCUT2D eigenvalue weighted by Crippen LogP contribution is 2.17. The second-order valence-corrected chi connectivity index (χ2v) is 6.19. The van der Waals surface area contributed by atoms with Gasteiger partial charge in [0.2, 0.25) is 5.91 Å². The van der Waals surface area contributed by atoms with E-state index in [9.17, 15) is 4.79 Å². The van der Waals surface area contributed by atoms with Gasteiger partial charge < -0.3 is 15.0 Å². The van der Waals surface area contributed by atoms with Crippen molar-refractivity contribution in [2.24, 2.45) is 0 Å². The maximum atomic E-state index is 12.1. The zero-order valence-electron chi connectivity index (χ0n) is 15.1. The number of nitrogens with one attached hydrogen (secondary N) is 1. The van der Waals surface area contributed by atoms with Crippen molar-refractivity contribution >= 4 is 29.7 Å². The fourth-order valence-corrected chi connectivity index (χ4v) is 3.03. The van der Waals surface area contributed by atoms with Crippen LogP contribution in [0.1, 0.15) is 6.42 Å². The molecule has 0 aromatic heterocycles. The van der Waals surface area contributed by atoms with E-state index in [1.54, 1.807) is 7.11 Å². The summed E-state index contributed by atoms with van der Waals surface area (Å²) in [6, 6.07) is 17.9. The molecule has 0 aliphatic carbocycles. The van der Waals surface area contributed by atoms with E-state index < -0.39 is 0 Å². The summed E-state index contributed by atoms with van der Waals surface area (Å²) in [6.45, 7) is 4.79. The van der Waals surface area contributed by atoms with Crippen molar-refractivity contribution in [2.75, 3.05) is 50.1 Å². The van der Waals surface area contributed by atoms with Crippen LogP contribution in [-0.2, 0) is 4.79 Å². The zero-order valence-corrected chi connectivity index (χ0v) is 15.9. The van der Waals surface area contributed by atoms with Crippen molar-refractivity contribution in [2.45, 2.75) is 6.42 Å². The Morgan fingerprint density at radius 3 is 2.27 bits per heavy atom. The minimum atomic E-state index is 0. The van der Waals surface area contributed by atoms with Gasteiger partial charge >= 0.3 is 0 Å². The van der Waals surface area contributed by atoms with Crippen molar-refractivity contribution in [1.29, 1.82) is 0 Å². The standard InChI is InChI=1S/C20H25N3O2.ClH/c1-25-19-9-7-17(8-10-19)21-20(24)11-12-22-13-15-23(16-14-22)18-5-3-2-4-6-18;/h2-10H,11-16H2,1H3,(H,21,24);1H. The van der Waals surface area contributed by atoms with Crippen molar-refractivity contribution < 1.29 is 9.53 Å². The fourth-order valence-electron chi connectivity index (χ4n) is 3.03. The first-order valence-corrected chi connectivity index (χ1v) is 8.71. The number of amides is 1. The average molecular weight is 376 g/mol. The molecule has 3 rings (SSSR count). The number of hydrogen-bond donors (Lipinski definition) is 1. The molecule has 1 aliphatic rings. The second-order valence-electron chi connectivity index (χ2n) is 6.19. The molecule has 1 aliphatic heterocycles. The van der Waals surface area contributed by atoms with Crippen LogP contribution in [0.4, 0.5) is 11.4 Å². The van der Waals surface area contributed by atoms with Crippen LogP contribution in [0.2, 0.25) is 0 Å². The van der Waals surface area contributed by atoms with Crippen molar-refractivity contribution in [3.05, 3.63) is 54.6 Å². The van der Waals surface area contributed by atoms with Crippen LogP contribution in [0.25, 0.3) is 0 Å². The molecule has 2 aromatic rings. The van der Waals surface area contributed by atoms with Crippen molar-refractivity contribution in [3.8, 4) is 5.75 Å². The number of methoxy groups -OCH3 is 1. The minimum Gasteiger partial charge on any atom is -0.497 e. The second kappa shape index (κ2) is 10.0. The van der Waals surface area contributed by atoms with Crippen molar-refractivity contribution in [1.82, 2.24) is 4.90 Å². The number of carbonyl (C=O) groups excluding carboxylic acids is 1. The number of carbonyl (C=O) groups is 1. The molecule has 1 fully saturated rings. The molecule has 2 aromatic carbocycles. The van der Waals surface area contributed by atoms with Crippen LogP contribution in [0.3, 0.4) is 0 Å². The summed E-state index contributed by atoms with van der Waals surface area (Å²) < 4.78 is 5.12. The Morgan fingerprint density at radius 1 is 1.00 bits per heavy atom. The number of piperazine rings is 1. The lowest BCUT2D eigenvalue weighted by Crippen LogP contribution is -2.47. The van der Waals surface area contributed by atoms with E-state index in [1.807, 2.05) is 30.3 Å². The molecule has 1 amide bonds. The molecular weight excluding hydrogens is 350 g/mol. The summed E-state index contributed by atoms with van der Waals surface area (Å²) in [5, 5.41) is 2.94. The maximum absolute atomic E-state index is 12.1. The first-order chi connectivity index (χ1) is 12.2.